The maximum absolute atomic E-state index is 13.2. The minimum atomic E-state index is -0.324. The Labute approximate surface area is 202 Å². The van der Waals surface area contributed by atoms with Gasteiger partial charge < -0.3 is 15.4 Å². The lowest BCUT2D eigenvalue weighted by Crippen LogP contribution is -2.49. The number of fused-ring (bicyclic) bond motifs is 1. The van der Waals surface area contributed by atoms with Gasteiger partial charge in [0.2, 0.25) is 0 Å². The van der Waals surface area contributed by atoms with Gasteiger partial charge in [-0.15, -0.1) is 0 Å². The predicted molar refractivity (Wildman–Crippen MR) is 130 cm³/mol. The third kappa shape index (κ3) is 4.36. The molecular formula is C24H26ClN7O2. The number of nitrogens with one attached hydrogen (secondary N) is 2. The number of carbonyl (C=O) groups is 1. The first-order valence-corrected chi connectivity index (χ1v) is 11.6. The van der Waals surface area contributed by atoms with Crippen molar-refractivity contribution in [3.8, 4) is 17.0 Å². The average molecular weight is 480 g/mol. The molecule has 1 fully saturated rings. The molecule has 0 unspecified atom stereocenters. The van der Waals surface area contributed by atoms with Crippen LogP contribution >= 0.6 is 11.6 Å². The molecule has 0 saturated heterocycles. The molecule has 34 heavy (non-hydrogen) atoms. The number of benzene rings is 1. The van der Waals surface area contributed by atoms with Gasteiger partial charge in [-0.1, -0.05) is 11.6 Å². The second-order valence-electron chi connectivity index (χ2n) is 8.74. The maximum atomic E-state index is 13.2. The summed E-state index contributed by atoms with van der Waals surface area (Å²) in [4.78, 5) is 17.5. The van der Waals surface area contributed by atoms with Gasteiger partial charge in [0.15, 0.2) is 5.65 Å². The van der Waals surface area contributed by atoms with Crippen LogP contribution in [-0.4, -0.2) is 49.5 Å². The molecule has 0 spiro atoms. The van der Waals surface area contributed by atoms with Gasteiger partial charge in [0.1, 0.15) is 17.0 Å². The van der Waals surface area contributed by atoms with E-state index in [1.165, 1.54) is 25.5 Å². The van der Waals surface area contributed by atoms with Crippen molar-refractivity contribution in [3.05, 3.63) is 59.6 Å². The van der Waals surface area contributed by atoms with E-state index < -0.39 is 0 Å². The molecule has 5 rings (SSSR count). The number of nitrogens with zero attached hydrogens (tertiary/aromatic N) is 5. The first-order chi connectivity index (χ1) is 16.5. The molecule has 176 valence electrons. The highest BCUT2D eigenvalue weighted by atomic mass is 35.5. The van der Waals surface area contributed by atoms with Gasteiger partial charge >= 0.3 is 0 Å². The molecule has 0 radical (unpaired) electrons. The second-order valence-corrected chi connectivity index (χ2v) is 9.18. The molecule has 3 heterocycles. The molecule has 1 aromatic carbocycles. The van der Waals surface area contributed by atoms with Crippen molar-refractivity contribution >= 4 is 28.8 Å². The molecule has 1 saturated carbocycles. The van der Waals surface area contributed by atoms with Crippen molar-refractivity contribution in [3.63, 3.8) is 0 Å². The number of aromatic nitrogens is 5. The zero-order chi connectivity index (χ0) is 23.7. The van der Waals surface area contributed by atoms with Crippen LogP contribution in [0.4, 0.5) is 5.69 Å². The number of anilines is 1. The molecule has 1 aliphatic carbocycles. The van der Waals surface area contributed by atoms with Gasteiger partial charge in [0.05, 0.1) is 25.5 Å². The number of rotatable bonds is 8. The number of carbonyl (C=O) groups excluding carboxylic acids is 1. The van der Waals surface area contributed by atoms with E-state index in [1.807, 2.05) is 10.9 Å². The van der Waals surface area contributed by atoms with Crippen molar-refractivity contribution in [2.45, 2.75) is 38.3 Å². The first kappa shape index (κ1) is 22.4. The highest BCUT2D eigenvalue weighted by Gasteiger charge is 2.30. The van der Waals surface area contributed by atoms with Crippen molar-refractivity contribution in [2.24, 2.45) is 0 Å². The Bertz CT molecular complexity index is 1340. The molecule has 1 aliphatic rings. The largest absolute Gasteiger partial charge is 0.496 e. The first-order valence-electron chi connectivity index (χ1n) is 11.2. The van der Waals surface area contributed by atoms with Gasteiger partial charge in [0.25, 0.3) is 5.91 Å². The smallest absolute Gasteiger partial charge is 0.261 e. The van der Waals surface area contributed by atoms with E-state index >= 15 is 0 Å². The molecule has 2 N–H and O–H groups in total. The van der Waals surface area contributed by atoms with E-state index in [-0.39, 0.29) is 11.4 Å². The highest BCUT2D eigenvalue weighted by Crippen LogP contribution is 2.36. The second kappa shape index (κ2) is 9.08. The minimum absolute atomic E-state index is 0.208. The third-order valence-electron chi connectivity index (χ3n) is 6.30. The van der Waals surface area contributed by atoms with Crippen LogP contribution in [0.15, 0.2) is 49.1 Å². The standard InChI is InChI=1S/C24H26ClN7O2/c1-24(7-3-8-24)27-10-12-31-15-19(21(30-31)17-13-16(25)5-6-20(17)34-2)29-23(33)18-14-28-32-11-4-9-26-22(18)32/h4-6,9,11,13-15,27H,3,7-8,10,12H2,1-2H3,(H,29,33). The number of hydrogen-bond donors (Lipinski definition) is 2. The average Bonchev–Trinajstić information content (AvgIpc) is 3.42. The summed E-state index contributed by atoms with van der Waals surface area (Å²) in [5.41, 5.74) is 2.88. The molecule has 1 amide bonds. The Kier molecular flexibility index (Phi) is 5.97. The molecule has 0 bridgehead atoms. The van der Waals surface area contributed by atoms with Gasteiger partial charge in [-0.05, 0) is 50.5 Å². The number of hydrogen-bond acceptors (Lipinski definition) is 6. The lowest BCUT2D eigenvalue weighted by atomic mass is 9.78. The van der Waals surface area contributed by atoms with Gasteiger partial charge in [-0.25, -0.2) is 9.50 Å². The van der Waals surface area contributed by atoms with E-state index in [2.05, 4.69) is 27.6 Å². The number of halogens is 1. The molecule has 9 nitrogen and oxygen atoms in total. The van der Waals surface area contributed by atoms with Crippen LogP contribution in [0.1, 0.15) is 36.5 Å². The summed E-state index contributed by atoms with van der Waals surface area (Å²) in [5.74, 6) is 0.290. The Hall–Kier alpha value is -3.43. The summed E-state index contributed by atoms with van der Waals surface area (Å²) in [6, 6.07) is 7.09. The lowest BCUT2D eigenvalue weighted by Gasteiger charge is -2.39. The summed E-state index contributed by atoms with van der Waals surface area (Å²) in [7, 11) is 1.59. The minimum Gasteiger partial charge on any atom is -0.496 e. The zero-order valence-corrected chi connectivity index (χ0v) is 19.8. The van der Waals surface area contributed by atoms with E-state index in [9.17, 15) is 4.79 Å². The summed E-state index contributed by atoms with van der Waals surface area (Å²) in [5, 5.41) is 16.1. The van der Waals surface area contributed by atoms with Crippen LogP contribution in [-0.2, 0) is 6.54 Å². The van der Waals surface area contributed by atoms with Crippen molar-refractivity contribution < 1.29 is 9.53 Å². The van der Waals surface area contributed by atoms with Crippen LogP contribution in [0, 0.1) is 0 Å². The normalized spacial score (nSPS) is 14.7. The summed E-state index contributed by atoms with van der Waals surface area (Å²) in [6.45, 7) is 3.67. The van der Waals surface area contributed by atoms with Gasteiger partial charge in [0, 0.05) is 41.3 Å². The SMILES string of the molecule is COc1ccc(Cl)cc1-c1nn(CCNC2(C)CCC2)cc1NC(=O)c1cnn2cccnc12. The number of methoxy groups -OCH3 is 1. The van der Waals surface area contributed by atoms with Crippen LogP contribution in [0.2, 0.25) is 5.02 Å². The molecule has 10 heteroatoms. The van der Waals surface area contributed by atoms with E-state index in [4.69, 9.17) is 21.4 Å². The molecule has 4 aromatic rings. The van der Waals surface area contributed by atoms with Crippen molar-refractivity contribution in [1.82, 2.24) is 29.7 Å². The molecular weight excluding hydrogens is 454 g/mol. The zero-order valence-electron chi connectivity index (χ0n) is 19.1. The van der Waals surface area contributed by atoms with Crippen LogP contribution in [0.3, 0.4) is 0 Å². The third-order valence-corrected chi connectivity index (χ3v) is 6.54. The van der Waals surface area contributed by atoms with Crippen molar-refractivity contribution in [2.75, 3.05) is 19.0 Å². The van der Waals surface area contributed by atoms with E-state index in [0.717, 1.165) is 6.54 Å². The predicted octanol–water partition coefficient (Wildman–Crippen LogP) is 4.04. The van der Waals surface area contributed by atoms with Gasteiger partial charge in [-0.2, -0.15) is 10.2 Å². The number of amides is 1. The lowest BCUT2D eigenvalue weighted by molar-refractivity contribution is 0.102. The molecule has 0 aliphatic heterocycles. The van der Waals surface area contributed by atoms with Crippen LogP contribution < -0.4 is 15.4 Å². The van der Waals surface area contributed by atoms with E-state index in [1.54, 1.807) is 48.3 Å². The quantitative estimate of drug-likeness (QED) is 0.396. The summed E-state index contributed by atoms with van der Waals surface area (Å²) >= 11 is 6.28. The Morgan fingerprint density at radius 2 is 2.18 bits per heavy atom. The molecule has 3 aromatic heterocycles. The van der Waals surface area contributed by atoms with Gasteiger partial charge in [-0.3, -0.25) is 9.48 Å². The number of ether oxygens (including phenoxy) is 1. The van der Waals surface area contributed by atoms with Crippen LogP contribution in [0.5, 0.6) is 5.75 Å². The van der Waals surface area contributed by atoms with Crippen LogP contribution in [0.25, 0.3) is 16.9 Å². The fourth-order valence-electron chi connectivity index (χ4n) is 4.22. The summed E-state index contributed by atoms with van der Waals surface area (Å²) in [6.07, 6.45) is 10.3. The highest BCUT2D eigenvalue weighted by molar-refractivity contribution is 6.31. The fourth-order valence-corrected chi connectivity index (χ4v) is 4.40. The maximum Gasteiger partial charge on any atom is 0.261 e. The monoisotopic (exact) mass is 479 g/mol. The topological polar surface area (TPSA) is 98.4 Å². The Morgan fingerprint density at radius 1 is 1.32 bits per heavy atom. The Balaban J connectivity index is 1.46. The molecule has 0 atom stereocenters. The Morgan fingerprint density at radius 3 is 2.94 bits per heavy atom. The summed E-state index contributed by atoms with van der Waals surface area (Å²) < 4.78 is 8.94. The fraction of sp³-hybridized carbons (Fsp3) is 0.333. The van der Waals surface area contributed by atoms with Crippen molar-refractivity contribution in [1.29, 1.82) is 0 Å². The van der Waals surface area contributed by atoms with E-state index in [0.29, 0.717) is 45.5 Å².